The van der Waals surface area contributed by atoms with E-state index in [4.69, 9.17) is 5.73 Å². The molecule has 0 bridgehead atoms. The number of H-pyrrole nitrogens is 1. The van der Waals surface area contributed by atoms with Crippen LogP contribution in [0.2, 0.25) is 0 Å². The number of nitrogens with zero attached hydrogens (tertiary/aromatic N) is 3. The number of benzene rings is 2. The lowest BCUT2D eigenvalue weighted by atomic mass is 9.86. The van der Waals surface area contributed by atoms with Crippen molar-refractivity contribution in [2.75, 3.05) is 5.73 Å². The molecule has 0 saturated carbocycles. The molecule has 0 aliphatic heterocycles. The second kappa shape index (κ2) is 5.95. The van der Waals surface area contributed by atoms with E-state index in [0.717, 1.165) is 27.8 Å². The predicted octanol–water partition coefficient (Wildman–Crippen LogP) is 4.57. The van der Waals surface area contributed by atoms with Crippen LogP contribution in [0.4, 0.5) is 5.82 Å². The summed E-state index contributed by atoms with van der Waals surface area (Å²) in [5.74, 6) is 0.432. The van der Waals surface area contributed by atoms with Crippen molar-refractivity contribution < 1.29 is 0 Å². The molecule has 4 rings (SSSR count). The smallest absolute Gasteiger partial charge is 0.180 e. The molecule has 0 fully saturated rings. The minimum atomic E-state index is 0.103. The summed E-state index contributed by atoms with van der Waals surface area (Å²) in [5.41, 5.74) is 11.9. The van der Waals surface area contributed by atoms with Crippen LogP contribution in [0.3, 0.4) is 0 Å². The molecule has 4 aromatic rings. The number of hydrogen-bond acceptors (Lipinski definition) is 4. The number of hydrogen-bond donors (Lipinski definition) is 2. The zero-order valence-corrected chi connectivity index (χ0v) is 15.1. The van der Waals surface area contributed by atoms with Crippen molar-refractivity contribution in [3.05, 3.63) is 60.2 Å². The molecule has 0 atom stereocenters. The Balaban J connectivity index is 1.97. The number of nitrogens with one attached hydrogen (secondary N) is 1. The molecule has 130 valence electrons. The van der Waals surface area contributed by atoms with Crippen LogP contribution in [0, 0.1) is 0 Å². The van der Waals surface area contributed by atoms with Crippen molar-refractivity contribution in [3.63, 3.8) is 0 Å². The Hall–Kier alpha value is -3.21. The van der Waals surface area contributed by atoms with Gasteiger partial charge in [0.2, 0.25) is 0 Å². The van der Waals surface area contributed by atoms with Crippen LogP contribution in [-0.4, -0.2) is 20.4 Å². The third kappa shape index (κ3) is 2.71. The fourth-order valence-corrected chi connectivity index (χ4v) is 3.15. The van der Waals surface area contributed by atoms with Gasteiger partial charge in [0, 0.05) is 11.1 Å². The Morgan fingerprint density at radius 3 is 2.19 bits per heavy atom. The Kier molecular flexibility index (Phi) is 3.72. The Morgan fingerprint density at radius 1 is 0.846 bits per heavy atom. The van der Waals surface area contributed by atoms with Crippen LogP contribution in [-0.2, 0) is 5.41 Å². The highest BCUT2D eigenvalue weighted by Gasteiger charge is 2.19. The highest BCUT2D eigenvalue weighted by molar-refractivity contribution is 6.04. The van der Waals surface area contributed by atoms with E-state index in [0.29, 0.717) is 11.5 Å². The summed E-state index contributed by atoms with van der Waals surface area (Å²) in [6, 6.07) is 18.6. The van der Waals surface area contributed by atoms with E-state index in [-0.39, 0.29) is 5.41 Å². The highest BCUT2D eigenvalue weighted by atomic mass is 15.2. The summed E-state index contributed by atoms with van der Waals surface area (Å²) >= 11 is 0. The molecule has 0 aliphatic carbocycles. The lowest BCUT2D eigenvalue weighted by molar-refractivity contribution is 0.590. The van der Waals surface area contributed by atoms with Gasteiger partial charge < -0.3 is 5.73 Å². The number of nitrogens with two attached hydrogens (primary N) is 1. The maximum atomic E-state index is 6.13. The maximum Gasteiger partial charge on any atom is 0.180 e. The average molecular weight is 343 g/mol. The number of aromatic nitrogens is 4. The molecule has 0 radical (unpaired) electrons. The molecule has 3 N–H and O–H groups in total. The van der Waals surface area contributed by atoms with Crippen LogP contribution in [0.25, 0.3) is 33.4 Å². The van der Waals surface area contributed by atoms with Crippen molar-refractivity contribution in [1.82, 2.24) is 20.4 Å². The monoisotopic (exact) mass is 343 g/mol. The molecule has 26 heavy (non-hydrogen) atoms. The summed E-state index contributed by atoms with van der Waals surface area (Å²) in [6.07, 6.45) is 0. The summed E-state index contributed by atoms with van der Waals surface area (Å²) in [6.45, 7) is 6.61. The van der Waals surface area contributed by atoms with Gasteiger partial charge in [0.1, 0.15) is 5.69 Å². The van der Waals surface area contributed by atoms with Crippen molar-refractivity contribution >= 4 is 16.9 Å². The quantitative estimate of drug-likeness (QED) is 0.559. The van der Waals surface area contributed by atoms with Crippen LogP contribution < -0.4 is 5.73 Å². The molecule has 2 aromatic carbocycles. The zero-order valence-electron chi connectivity index (χ0n) is 15.1. The second-order valence-electron chi connectivity index (χ2n) is 7.45. The summed E-state index contributed by atoms with van der Waals surface area (Å²) < 4.78 is 0. The van der Waals surface area contributed by atoms with E-state index in [9.17, 15) is 0 Å². The van der Waals surface area contributed by atoms with Gasteiger partial charge in [0.15, 0.2) is 11.5 Å². The van der Waals surface area contributed by atoms with Gasteiger partial charge in [-0.3, -0.25) is 5.10 Å². The lowest BCUT2D eigenvalue weighted by Gasteiger charge is -2.19. The third-order valence-corrected chi connectivity index (χ3v) is 4.60. The van der Waals surface area contributed by atoms with Gasteiger partial charge in [-0.15, -0.1) is 10.2 Å². The first-order valence-corrected chi connectivity index (χ1v) is 8.62. The molecular weight excluding hydrogens is 322 g/mol. The average Bonchev–Trinajstić information content (AvgIpc) is 3.02. The van der Waals surface area contributed by atoms with E-state index < -0.39 is 0 Å². The van der Waals surface area contributed by atoms with Crippen molar-refractivity contribution in [2.24, 2.45) is 0 Å². The first kappa shape index (κ1) is 16.3. The van der Waals surface area contributed by atoms with Gasteiger partial charge in [-0.25, -0.2) is 0 Å². The first-order valence-electron chi connectivity index (χ1n) is 8.62. The molecule has 2 aromatic heterocycles. The van der Waals surface area contributed by atoms with Crippen LogP contribution >= 0.6 is 0 Å². The van der Waals surface area contributed by atoms with Gasteiger partial charge in [-0.2, -0.15) is 5.10 Å². The lowest BCUT2D eigenvalue weighted by Crippen LogP contribution is -2.10. The molecule has 0 unspecified atom stereocenters. The van der Waals surface area contributed by atoms with Gasteiger partial charge in [-0.05, 0) is 16.5 Å². The molecule has 5 nitrogen and oxygen atoms in total. The Morgan fingerprint density at radius 2 is 1.54 bits per heavy atom. The van der Waals surface area contributed by atoms with E-state index in [1.54, 1.807) is 0 Å². The highest BCUT2D eigenvalue weighted by Crippen LogP contribution is 2.37. The molecular formula is C21H21N5. The Bertz CT molecular complexity index is 1060. The molecule has 0 aliphatic rings. The number of nitrogen functional groups attached to an aromatic ring is 1. The van der Waals surface area contributed by atoms with Gasteiger partial charge in [0.25, 0.3) is 0 Å². The summed E-state index contributed by atoms with van der Waals surface area (Å²) in [5, 5.41) is 16.5. The maximum absolute atomic E-state index is 6.13. The minimum absolute atomic E-state index is 0.103. The van der Waals surface area contributed by atoms with E-state index in [1.165, 1.54) is 5.56 Å². The van der Waals surface area contributed by atoms with Gasteiger partial charge in [0.05, 0.1) is 5.39 Å². The first-order chi connectivity index (χ1) is 12.4. The number of aromatic amines is 1. The van der Waals surface area contributed by atoms with E-state index in [2.05, 4.69) is 77.6 Å². The largest absolute Gasteiger partial charge is 0.382 e. The Labute approximate surface area is 152 Å². The predicted molar refractivity (Wildman–Crippen MR) is 106 cm³/mol. The van der Waals surface area contributed by atoms with Crippen molar-refractivity contribution in [3.8, 4) is 22.4 Å². The molecule has 5 heteroatoms. The normalized spacial score (nSPS) is 11.8. The second-order valence-corrected chi connectivity index (χ2v) is 7.45. The van der Waals surface area contributed by atoms with Crippen molar-refractivity contribution in [1.29, 1.82) is 0 Å². The fourth-order valence-electron chi connectivity index (χ4n) is 3.15. The fraction of sp³-hybridized carbons (Fsp3) is 0.190. The molecule has 2 heterocycles. The van der Waals surface area contributed by atoms with Crippen LogP contribution in [0.5, 0.6) is 0 Å². The van der Waals surface area contributed by atoms with Gasteiger partial charge >= 0.3 is 0 Å². The number of fused-ring (bicyclic) bond motifs is 1. The molecule has 0 saturated heterocycles. The van der Waals surface area contributed by atoms with Gasteiger partial charge in [-0.1, -0.05) is 75.4 Å². The van der Waals surface area contributed by atoms with Crippen LogP contribution in [0.15, 0.2) is 54.6 Å². The van der Waals surface area contributed by atoms with Crippen molar-refractivity contribution in [2.45, 2.75) is 26.2 Å². The van der Waals surface area contributed by atoms with E-state index in [1.807, 2.05) is 18.2 Å². The summed E-state index contributed by atoms with van der Waals surface area (Å²) in [4.78, 5) is 0. The number of anilines is 1. The zero-order chi connectivity index (χ0) is 18.3. The standard InChI is InChI=1S/C21H21N5/c1-21(2,3)15-11-9-14(10-12-15)18-16(13-7-5-4-6-8-13)17-19(22)24-26-20(17)25-23-18/h4-12H,1-3H3,(H3,22,24,25,26). The minimum Gasteiger partial charge on any atom is -0.382 e. The number of rotatable bonds is 2. The van der Waals surface area contributed by atoms with Crippen LogP contribution in [0.1, 0.15) is 26.3 Å². The third-order valence-electron chi connectivity index (χ3n) is 4.60. The molecule has 0 amide bonds. The van der Waals surface area contributed by atoms with E-state index >= 15 is 0 Å². The SMILES string of the molecule is CC(C)(C)c1ccc(-c2nnc3[nH]nc(N)c3c2-c2ccccc2)cc1. The summed E-state index contributed by atoms with van der Waals surface area (Å²) in [7, 11) is 0. The molecule has 0 spiro atoms. The topological polar surface area (TPSA) is 80.5 Å².